The van der Waals surface area contributed by atoms with Crippen molar-refractivity contribution in [3.63, 3.8) is 0 Å². The molecular formula is C23H20ClN5O. The van der Waals surface area contributed by atoms with Gasteiger partial charge in [0, 0.05) is 19.9 Å². The Balaban J connectivity index is 1.60. The number of pyridine rings is 1. The quantitative estimate of drug-likeness (QED) is 0.352. The van der Waals surface area contributed by atoms with Crippen LogP contribution in [0.4, 0.5) is 11.6 Å². The topological polar surface area (TPSA) is 67.8 Å². The summed E-state index contributed by atoms with van der Waals surface area (Å²) in [6, 6.07) is 20.3. The van der Waals surface area contributed by atoms with Crippen molar-refractivity contribution in [1.29, 1.82) is 0 Å². The Labute approximate surface area is 178 Å². The molecule has 0 aliphatic rings. The number of hydrogen-bond acceptors (Lipinski definition) is 4. The molecule has 0 radical (unpaired) electrons. The van der Waals surface area contributed by atoms with E-state index in [1.807, 2.05) is 30.5 Å². The van der Waals surface area contributed by atoms with Crippen LogP contribution in [0.25, 0.3) is 33.2 Å². The first-order chi connectivity index (χ1) is 14.7. The molecule has 0 atom stereocenters. The molecule has 0 amide bonds. The summed E-state index contributed by atoms with van der Waals surface area (Å²) < 4.78 is 7.48. The number of fused-ring (bicyclic) bond motifs is 2. The van der Waals surface area contributed by atoms with Crippen LogP contribution in [0, 0.1) is 0 Å². The van der Waals surface area contributed by atoms with Crippen LogP contribution in [-0.2, 0) is 11.3 Å². The predicted octanol–water partition coefficient (Wildman–Crippen LogP) is 5.62. The van der Waals surface area contributed by atoms with Crippen molar-refractivity contribution in [1.82, 2.24) is 19.5 Å². The lowest BCUT2D eigenvalue weighted by molar-refractivity contribution is 0.189. The van der Waals surface area contributed by atoms with Crippen LogP contribution in [0.3, 0.4) is 0 Å². The van der Waals surface area contributed by atoms with E-state index in [1.54, 1.807) is 13.2 Å². The van der Waals surface area contributed by atoms with Crippen molar-refractivity contribution in [2.24, 2.45) is 0 Å². The van der Waals surface area contributed by atoms with Gasteiger partial charge in [0.05, 0.1) is 28.8 Å². The molecule has 3 heterocycles. The Hall–Kier alpha value is -3.35. The predicted molar refractivity (Wildman–Crippen MR) is 121 cm³/mol. The molecule has 6 nitrogen and oxygen atoms in total. The van der Waals surface area contributed by atoms with Crippen molar-refractivity contribution in [2.75, 3.05) is 19.0 Å². The number of aromatic amines is 1. The third kappa shape index (κ3) is 3.40. The summed E-state index contributed by atoms with van der Waals surface area (Å²) in [6.45, 7) is 1.25. The smallest absolute Gasteiger partial charge is 0.208 e. The number of rotatable bonds is 6. The summed E-state index contributed by atoms with van der Waals surface area (Å²) in [7, 11) is 1.70. The molecule has 7 heteroatoms. The molecule has 5 aromatic rings. The number of nitrogens with zero attached hydrogens (tertiary/aromatic N) is 3. The van der Waals surface area contributed by atoms with Crippen molar-refractivity contribution in [3.8, 4) is 11.1 Å². The lowest BCUT2D eigenvalue weighted by Gasteiger charge is -2.10. The molecule has 0 bridgehead atoms. The highest BCUT2D eigenvalue weighted by molar-refractivity contribution is 6.29. The number of hydrogen-bond donors (Lipinski definition) is 2. The maximum Gasteiger partial charge on any atom is 0.208 e. The Kier molecular flexibility index (Phi) is 4.86. The zero-order valence-corrected chi connectivity index (χ0v) is 17.1. The van der Waals surface area contributed by atoms with Crippen LogP contribution < -0.4 is 5.32 Å². The van der Waals surface area contributed by atoms with Crippen molar-refractivity contribution in [2.45, 2.75) is 6.54 Å². The summed E-state index contributed by atoms with van der Waals surface area (Å²) in [4.78, 5) is 12.5. The van der Waals surface area contributed by atoms with Gasteiger partial charge in [-0.15, -0.1) is 0 Å². The summed E-state index contributed by atoms with van der Waals surface area (Å²) in [6.07, 6.45) is 1.88. The van der Waals surface area contributed by atoms with Gasteiger partial charge in [-0.3, -0.25) is 0 Å². The van der Waals surface area contributed by atoms with E-state index in [1.165, 1.54) is 5.56 Å². The first-order valence-electron chi connectivity index (χ1n) is 9.68. The number of imidazole rings is 1. The Morgan fingerprint density at radius 3 is 2.73 bits per heavy atom. The van der Waals surface area contributed by atoms with Gasteiger partial charge < -0.3 is 19.6 Å². The monoisotopic (exact) mass is 417 g/mol. The van der Waals surface area contributed by atoms with Crippen molar-refractivity contribution in [3.05, 3.63) is 72.0 Å². The normalized spacial score (nSPS) is 11.4. The third-order valence-electron chi connectivity index (χ3n) is 5.11. The van der Waals surface area contributed by atoms with Crippen LogP contribution in [0.15, 0.2) is 66.9 Å². The van der Waals surface area contributed by atoms with Gasteiger partial charge in [-0.25, -0.2) is 9.97 Å². The first-order valence-corrected chi connectivity index (χ1v) is 10.1. The summed E-state index contributed by atoms with van der Waals surface area (Å²) in [5.41, 5.74) is 6.79. The maximum atomic E-state index is 6.10. The highest BCUT2D eigenvalue weighted by Gasteiger charge is 2.14. The number of nitrogens with one attached hydrogen (secondary N) is 2. The molecule has 0 aliphatic heterocycles. The molecule has 150 valence electrons. The molecule has 5 rings (SSSR count). The second-order valence-corrected chi connectivity index (χ2v) is 7.39. The molecule has 30 heavy (non-hydrogen) atoms. The van der Waals surface area contributed by atoms with Crippen LogP contribution in [0.1, 0.15) is 0 Å². The third-order valence-corrected chi connectivity index (χ3v) is 5.32. The zero-order valence-electron chi connectivity index (χ0n) is 16.4. The van der Waals surface area contributed by atoms with E-state index in [0.717, 1.165) is 39.3 Å². The van der Waals surface area contributed by atoms with Gasteiger partial charge in [0.25, 0.3) is 0 Å². The minimum absolute atomic E-state index is 0.450. The van der Waals surface area contributed by atoms with Gasteiger partial charge in [0.1, 0.15) is 10.7 Å². The summed E-state index contributed by atoms with van der Waals surface area (Å²) in [5, 5.41) is 3.87. The zero-order chi connectivity index (χ0) is 20.5. The van der Waals surface area contributed by atoms with Crippen LogP contribution >= 0.6 is 11.6 Å². The number of aromatic nitrogens is 4. The maximum absolute atomic E-state index is 6.10. The average molecular weight is 418 g/mol. The van der Waals surface area contributed by atoms with E-state index in [-0.39, 0.29) is 0 Å². The van der Waals surface area contributed by atoms with Crippen LogP contribution in [0.2, 0.25) is 5.15 Å². The number of H-pyrrole nitrogens is 1. The molecule has 0 unspecified atom stereocenters. The largest absolute Gasteiger partial charge is 0.383 e. The fraction of sp³-hybridized carbons (Fsp3) is 0.130. The van der Waals surface area contributed by atoms with Crippen molar-refractivity contribution >= 4 is 45.3 Å². The SMILES string of the molecule is COCCn1c(Nc2c[nH]c3ccc(Cl)nc23)nc2ccc(-c3ccccc3)cc21. The van der Waals surface area contributed by atoms with Crippen LogP contribution in [0.5, 0.6) is 0 Å². The Morgan fingerprint density at radius 1 is 1.03 bits per heavy atom. The minimum atomic E-state index is 0.450. The molecule has 0 fully saturated rings. The molecule has 0 aliphatic carbocycles. The van der Waals surface area contributed by atoms with Gasteiger partial charge in [-0.2, -0.15) is 0 Å². The molecule has 2 N–H and O–H groups in total. The van der Waals surface area contributed by atoms with E-state index in [2.05, 4.69) is 50.2 Å². The molecule has 0 saturated heterocycles. The van der Waals surface area contributed by atoms with E-state index >= 15 is 0 Å². The molecule has 2 aromatic carbocycles. The van der Waals surface area contributed by atoms with E-state index < -0.39 is 0 Å². The number of anilines is 2. The second kappa shape index (κ2) is 7.82. The fourth-order valence-corrected chi connectivity index (χ4v) is 3.78. The molecular weight excluding hydrogens is 398 g/mol. The standard InChI is InChI=1S/C23H20ClN5O/c1-30-12-11-29-20-13-16(15-5-3-2-4-6-15)7-8-17(20)26-23(29)27-19-14-25-18-9-10-21(24)28-22(18)19/h2-10,13-14,25H,11-12H2,1H3,(H,26,27). The van der Waals surface area contributed by atoms with Crippen molar-refractivity contribution < 1.29 is 4.74 Å². The van der Waals surface area contributed by atoms with Gasteiger partial charge in [0.2, 0.25) is 5.95 Å². The first kappa shape index (κ1) is 18.7. The second-order valence-electron chi connectivity index (χ2n) is 7.01. The van der Waals surface area contributed by atoms with E-state index in [4.69, 9.17) is 21.3 Å². The molecule has 0 spiro atoms. The van der Waals surface area contributed by atoms with E-state index in [0.29, 0.717) is 18.3 Å². The highest BCUT2D eigenvalue weighted by atomic mass is 35.5. The van der Waals surface area contributed by atoms with Gasteiger partial charge in [0.15, 0.2) is 0 Å². The highest BCUT2D eigenvalue weighted by Crippen LogP contribution is 2.30. The number of halogens is 1. The lowest BCUT2D eigenvalue weighted by Crippen LogP contribution is -2.08. The molecule has 0 saturated carbocycles. The minimum Gasteiger partial charge on any atom is -0.383 e. The van der Waals surface area contributed by atoms with Gasteiger partial charge >= 0.3 is 0 Å². The van der Waals surface area contributed by atoms with Gasteiger partial charge in [-0.1, -0.05) is 48.0 Å². The van der Waals surface area contributed by atoms with Gasteiger partial charge in [-0.05, 0) is 35.4 Å². The summed E-state index contributed by atoms with van der Waals surface area (Å²) >= 11 is 6.10. The average Bonchev–Trinajstić information content (AvgIpc) is 3.33. The number of benzene rings is 2. The molecule has 3 aromatic heterocycles. The van der Waals surface area contributed by atoms with Crippen LogP contribution in [-0.4, -0.2) is 33.2 Å². The fourth-order valence-electron chi connectivity index (χ4n) is 3.63. The number of methoxy groups -OCH3 is 1. The van der Waals surface area contributed by atoms with E-state index in [9.17, 15) is 0 Å². The number of ether oxygens (including phenoxy) is 1. The Morgan fingerprint density at radius 2 is 1.90 bits per heavy atom. The Bertz CT molecular complexity index is 1330. The summed E-state index contributed by atoms with van der Waals surface area (Å²) in [5.74, 6) is 0.731. The lowest BCUT2D eigenvalue weighted by atomic mass is 10.1.